The number of benzene rings is 1. The van der Waals surface area contributed by atoms with Crippen molar-refractivity contribution in [1.29, 1.82) is 0 Å². The van der Waals surface area contributed by atoms with E-state index in [9.17, 15) is 0 Å². The van der Waals surface area contributed by atoms with Gasteiger partial charge in [0, 0.05) is 4.91 Å². The maximum absolute atomic E-state index is 5.16. The summed E-state index contributed by atoms with van der Waals surface area (Å²) in [6.07, 6.45) is 4.31. The van der Waals surface area contributed by atoms with Gasteiger partial charge >= 0.3 is 0 Å². The van der Waals surface area contributed by atoms with Crippen LogP contribution in [-0.4, -0.2) is 7.11 Å². The highest BCUT2D eigenvalue weighted by atomic mass is 32.2. The van der Waals surface area contributed by atoms with Crippen LogP contribution in [0.15, 0.2) is 59.9 Å². The minimum absolute atomic E-state index is 0.891. The first-order valence-electron chi connectivity index (χ1n) is 5.94. The summed E-state index contributed by atoms with van der Waals surface area (Å²) in [5, 5.41) is 6.49. The molecular weight excluding hydrogens is 324 g/mol. The molecule has 0 fully saturated rings. The van der Waals surface area contributed by atoms with Crippen LogP contribution in [0.2, 0.25) is 0 Å². The van der Waals surface area contributed by atoms with E-state index in [1.165, 1.54) is 18.9 Å². The van der Waals surface area contributed by atoms with E-state index in [-0.39, 0.29) is 0 Å². The van der Waals surface area contributed by atoms with Gasteiger partial charge in [-0.15, -0.1) is 0 Å². The van der Waals surface area contributed by atoms with Crippen LogP contribution in [0.1, 0.15) is 5.56 Å². The van der Waals surface area contributed by atoms with Gasteiger partial charge in [-0.3, -0.25) is 0 Å². The molecule has 0 aromatic heterocycles. The Morgan fingerprint density at radius 3 is 2.35 bits per heavy atom. The minimum Gasteiger partial charge on any atom is -0.497 e. The van der Waals surface area contributed by atoms with Crippen LogP contribution in [0.25, 0.3) is 6.08 Å². The van der Waals surface area contributed by atoms with Gasteiger partial charge in [0.1, 0.15) is 5.75 Å². The highest BCUT2D eigenvalue weighted by molar-refractivity contribution is 8.33. The summed E-state index contributed by atoms with van der Waals surface area (Å²) in [6, 6.07) is 8.09. The molecule has 5 heteroatoms. The lowest BCUT2D eigenvalue weighted by Gasteiger charge is -2.00. The van der Waals surface area contributed by atoms with E-state index in [1.54, 1.807) is 7.11 Å². The third-order valence-electron chi connectivity index (χ3n) is 2.62. The average Bonchev–Trinajstić information content (AvgIpc) is 3.16. The van der Waals surface area contributed by atoms with Gasteiger partial charge in [-0.2, -0.15) is 0 Å². The summed E-state index contributed by atoms with van der Waals surface area (Å²) in [6.45, 7) is 0. The van der Waals surface area contributed by atoms with Crippen LogP contribution in [0.4, 0.5) is 0 Å². The lowest BCUT2D eigenvalue weighted by atomic mass is 10.2. The number of hydrogen-bond acceptors (Lipinski definition) is 5. The molecule has 0 atom stereocenters. The van der Waals surface area contributed by atoms with E-state index >= 15 is 0 Å². The van der Waals surface area contributed by atoms with E-state index < -0.39 is 0 Å². The first-order chi connectivity index (χ1) is 9.85. The van der Waals surface area contributed by atoms with Crippen LogP contribution >= 0.6 is 47.0 Å². The van der Waals surface area contributed by atoms with Gasteiger partial charge in [-0.05, 0) is 40.0 Å². The molecule has 1 aromatic carbocycles. The van der Waals surface area contributed by atoms with Crippen LogP contribution in [0, 0.1) is 0 Å². The van der Waals surface area contributed by atoms with Gasteiger partial charge < -0.3 is 4.74 Å². The normalized spacial score (nSPS) is 18.1. The van der Waals surface area contributed by atoms with Crippen LogP contribution < -0.4 is 4.74 Å². The molecule has 0 saturated carbocycles. The molecule has 1 aromatic rings. The molecule has 3 rings (SSSR count). The lowest BCUT2D eigenvalue weighted by molar-refractivity contribution is 0.415. The topological polar surface area (TPSA) is 9.23 Å². The third-order valence-corrected chi connectivity index (χ3v) is 7.63. The second kappa shape index (κ2) is 6.89. The molecule has 0 bridgehead atoms. The number of hydrogen-bond donors (Lipinski definition) is 0. The van der Waals surface area contributed by atoms with Gasteiger partial charge in [0.25, 0.3) is 0 Å². The van der Waals surface area contributed by atoms with Gasteiger partial charge in [0.05, 0.1) is 15.6 Å². The highest BCUT2D eigenvalue weighted by Crippen LogP contribution is 2.53. The Labute approximate surface area is 136 Å². The predicted octanol–water partition coefficient (Wildman–Crippen LogP) is 6.11. The van der Waals surface area contributed by atoms with Crippen LogP contribution in [0.5, 0.6) is 5.75 Å². The van der Waals surface area contributed by atoms with E-state index in [1.807, 2.05) is 59.2 Å². The van der Waals surface area contributed by atoms with Crippen molar-refractivity contribution in [3.63, 3.8) is 0 Å². The summed E-state index contributed by atoms with van der Waals surface area (Å²) in [5.41, 5.74) is 1.18. The summed E-state index contributed by atoms with van der Waals surface area (Å²) in [5.74, 6) is 0.891. The van der Waals surface area contributed by atoms with Gasteiger partial charge in [0.2, 0.25) is 0 Å². The molecule has 1 nitrogen and oxygen atoms in total. The van der Waals surface area contributed by atoms with Crippen molar-refractivity contribution < 1.29 is 4.74 Å². The van der Waals surface area contributed by atoms with Crippen LogP contribution in [0.3, 0.4) is 0 Å². The Morgan fingerprint density at radius 1 is 0.900 bits per heavy atom. The molecule has 0 saturated heterocycles. The number of methoxy groups -OCH3 is 1. The monoisotopic (exact) mass is 336 g/mol. The lowest BCUT2D eigenvalue weighted by Crippen LogP contribution is -1.81. The molecule has 20 heavy (non-hydrogen) atoms. The molecule has 0 spiro atoms. The number of allylic oxidation sites excluding steroid dienone is 1. The Morgan fingerprint density at radius 2 is 1.65 bits per heavy atom. The molecule has 0 aliphatic carbocycles. The zero-order chi connectivity index (χ0) is 13.8. The summed E-state index contributed by atoms with van der Waals surface area (Å²) in [4.78, 5) is 1.29. The van der Waals surface area contributed by atoms with Crippen LogP contribution in [-0.2, 0) is 0 Å². The molecular formula is C15H12OS4. The van der Waals surface area contributed by atoms with E-state index in [0.29, 0.717) is 0 Å². The second-order valence-corrected chi connectivity index (χ2v) is 8.24. The Hall–Kier alpha value is -0.620. The zero-order valence-corrected chi connectivity index (χ0v) is 14.0. The molecule has 2 aliphatic heterocycles. The third kappa shape index (κ3) is 3.52. The number of ether oxygens (including phenoxy) is 1. The summed E-state index contributed by atoms with van der Waals surface area (Å²) in [7, 11) is 1.69. The fourth-order valence-electron chi connectivity index (χ4n) is 1.63. The molecule has 2 aliphatic rings. The number of rotatable bonds is 3. The summed E-state index contributed by atoms with van der Waals surface area (Å²) >= 11 is 7.28. The molecule has 0 unspecified atom stereocenters. The molecule has 0 N–H and O–H groups in total. The molecule has 0 amide bonds. The van der Waals surface area contributed by atoms with Crippen molar-refractivity contribution in [2.45, 2.75) is 0 Å². The second-order valence-electron chi connectivity index (χ2n) is 3.93. The van der Waals surface area contributed by atoms with Crippen molar-refractivity contribution in [3.8, 4) is 5.75 Å². The standard InChI is InChI=1S/C15H12OS4/c1-16-12-5-2-11(3-6-12)4-7-13-10-19-15(20-13)14-17-8-9-18-14/h2-10H,1H3/b7-4+. The van der Waals surface area contributed by atoms with Gasteiger partial charge in [-0.1, -0.05) is 65.3 Å². The molecule has 0 radical (unpaired) electrons. The Kier molecular flexibility index (Phi) is 4.94. The van der Waals surface area contributed by atoms with E-state index in [2.05, 4.69) is 40.5 Å². The van der Waals surface area contributed by atoms with Crippen molar-refractivity contribution >= 4 is 53.1 Å². The molecule has 2 heterocycles. The van der Waals surface area contributed by atoms with Crippen molar-refractivity contribution in [1.82, 2.24) is 0 Å². The van der Waals surface area contributed by atoms with E-state index in [4.69, 9.17) is 4.74 Å². The SMILES string of the molecule is COc1ccc(/C=C/C2=CSC(=C3SC=CS3)S2)cc1. The predicted molar refractivity (Wildman–Crippen MR) is 96.6 cm³/mol. The summed E-state index contributed by atoms with van der Waals surface area (Å²) < 4.78 is 7.94. The largest absolute Gasteiger partial charge is 0.497 e. The first kappa shape index (κ1) is 14.3. The molecule has 102 valence electrons. The quantitative estimate of drug-likeness (QED) is 0.656. The van der Waals surface area contributed by atoms with Gasteiger partial charge in [0.15, 0.2) is 0 Å². The first-order valence-corrected chi connectivity index (χ1v) is 9.40. The van der Waals surface area contributed by atoms with E-state index in [0.717, 1.165) is 5.75 Å². The zero-order valence-electron chi connectivity index (χ0n) is 10.7. The van der Waals surface area contributed by atoms with Crippen molar-refractivity contribution in [2.24, 2.45) is 0 Å². The maximum Gasteiger partial charge on any atom is 0.118 e. The Balaban J connectivity index is 1.63. The van der Waals surface area contributed by atoms with Crippen molar-refractivity contribution in [2.75, 3.05) is 7.11 Å². The fraction of sp³-hybridized carbons (Fsp3) is 0.0667. The fourth-order valence-corrected chi connectivity index (χ4v) is 5.98. The minimum atomic E-state index is 0.891. The smallest absolute Gasteiger partial charge is 0.118 e. The average molecular weight is 337 g/mol. The van der Waals surface area contributed by atoms with Gasteiger partial charge in [-0.25, -0.2) is 0 Å². The van der Waals surface area contributed by atoms with Crippen molar-refractivity contribution in [3.05, 3.63) is 65.5 Å². The number of thioether (sulfide) groups is 4. The Bertz CT molecular complexity index is 601. The maximum atomic E-state index is 5.16. The highest BCUT2D eigenvalue weighted by Gasteiger charge is 2.17.